The minimum Gasteiger partial charge on any atom is -0.342 e. The second kappa shape index (κ2) is 8.55. The molecule has 3 atom stereocenters. The number of carbonyl (C=O) groups excluding carboxylic acids is 1. The zero-order chi connectivity index (χ0) is 14.3. The topological polar surface area (TPSA) is 20.3 Å². The van der Waals surface area contributed by atoms with Crippen LogP contribution in [-0.4, -0.2) is 23.9 Å². The molecule has 0 rings (SSSR count). The van der Waals surface area contributed by atoms with Crippen LogP contribution in [0.2, 0.25) is 0 Å². The Balaban J connectivity index is 4.81. The van der Waals surface area contributed by atoms with E-state index in [2.05, 4.69) is 53.4 Å². The number of hydrogen-bond donors (Lipinski definition) is 0. The van der Waals surface area contributed by atoms with Crippen molar-refractivity contribution < 1.29 is 4.79 Å². The summed E-state index contributed by atoms with van der Waals surface area (Å²) in [6, 6.07) is 0. The molecule has 108 valence electrons. The monoisotopic (exact) mass is 255 g/mol. The molecule has 0 bridgehead atoms. The molecule has 0 aliphatic carbocycles. The quantitative estimate of drug-likeness (QED) is 0.636. The second-order valence-corrected chi connectivity index (χ2v) is 6.05. The van der Waals surface area contributed by atoms with Gasteiger partial charge in [0.2, 0.25) is 5.91 Å². The summed E-state index contributed by atoms with van der Waals surface area (Å²) in [5.41, 5.74) is 0. The van der Waals surface area contributed by atoms with Gasteiger partial charge in [0.15, 0.2) is 0 Å². The van der Waals surface area contributed by atoms with Crippen molar-refractivity contribution in [3.8, 4) is 0 Å². The van der Waals surface area contributed by atoms with Gasteiger partial charge in [0.25, 0.3) is 0 Å². The van der Waals surface area contributed by atoms with Crippen molar-refractivity contribution in [1.29, 1.82) is 0 Å². The average Bonchev–Trinajstić information content (AvgIpc) is 2.34. The molecular weight excluding hydrogens is 222 g/mol. The lowest BCUT2D eigenvalue weighted by molar-refractivity contribution is -0.139. The predicted molar refractivity (Wildman–Crippen MR) is 79.5 cm³/mol. The van der Waals surface area contributed by atoms with E-state index >= 15 is 0 Å². The molecule has 0 saturated carbocycles. The summed E-state index contributed by atoms with van der Waals surface area (Å²) in [6.45, 7) is 17.0. The van der Waals surface area contributed by atoms with Crippen molar-refractivity contribution in [3.05, 3.63) is 0 Å². The van der Waals surface area contributed by atoms with Crippen LogP contribution >= 0.6 is 0 Å². The van der Waals surface area contributed by atoms with Crippen LogP contribution in [0.5, 0.6) is 0 Å². The van der Waals surface area contributed by atoms with Crippen molar-refractivity contribution >= 4 is 5.91 Å². The van der Waals surface area contributed by atoms with Gasteiger partial charge in [-0.3, -0.25) is 4.79 Å². The Hall–Kier alpha value is -0.530. The van der Waals surface area contributed by atoms with Crippen LogP contribution in [0.4, 0.5) is 0 Å². The van der Waals surface area contributed by atoms with Crippen LogP contribution in [-0.2, 0) is 4.79 Å². The van der Waals surface area contributed by atoms with E-state index in [-0.39, 0.29) is 5.92 Å². The third kappa shape index (κ3) is 4.99. The van der Waals surface area contributed by atoms with E-state index in [1.54, 1.807) is 0 Å². The standard InChI is InChI=1S/C16H33NO/c1-8-13(6)11-17(10-3)16(18)15(12(4)5)14(7)9-2/h12-15H,8-11H2,1-7H3. The molecule has 0 spiro atoms. The molecule has 0 saturated heterocycles. The average molecular weight is 255 g/mol. The molecule has 0 N–H and O–H groups in total. The Morgan fingerprint density at radius 3 is 1.89 bits per heavy atom. The van der Waals surface area contributed by atoms with Crippen LogP contribution in [0.15, 0.2) is 0 Å². The van der Waals surface area contributed by atoms with Crippen molar-refractivity contribution in [2.45, 2.75) is 61.3 Å². The lowest BCUT2D eigenvalue weighted by Crippen LogP contribution is -2.42. The Morgan fingerprint density at radius 1 is 1.00 bits per heavy atom. The Bertz CT molecular complexity index is 237. The lowest BCUT2D eigenvalue weighted by Gasteiger charge is -2.33. The Labute approximate surface area is 114 Å². The Morgan fingerprint density at radius 2 is 1.56 bits per heavy atom. The molecule has 0 aliphatic heterocycles. The first-order chi connectivity index (χ1) is 8.38. The number of nitrogens with zero attached hydrogens (tertiary/aromatic N) is 1. The first kappa shape index (κ1) is 17.5. The first-order valence-electron chi connectivity index (χ1n) is 7.67. The Kier molecular flexibility index (Phi) is 8.30. The van der Waals surface area contributed by atoms with Gasteiger partial charge in [-0.15, -0.1) is 0 Å². The number of carbonyl (C=O) groups is 1. The van der Waals surface area contributed by atoms with Crippen LogP contribution in [0.3, 0.4) is 0 Å². The molecule has 0 fully saturated rings. The summed E-state index contributed by atoms with van der Waals surface area (Å²) < 4.78 is 0. The first-order valence-corrected chi connectivity index (χ1v) is 7.67. The molecule has 0 aromatic rings. The van der Waals surface area contributed by atoms with Gasteiger partial charge in [-0.1, -0.05) is 54.4 Å². The van der Waals surface area contributed by atoms with Gasteiger partial charge in [0.05, 0.1) is 0 Å². The van der Waals surface area contributed by atoms with Crippen LogP contribution < -0.4 is 0 Å². The fourth-order valence-electron chi connectivity index (χ4n) is 2.53. The number of rotatable bonds is 8. The summed E-state index contributed by atoms with van der Waals surface area (Å²) >= 11 is 0. The minimum absolute atomic E-state index is 0.180. The van der Waals surface area contributed by atoms with E-state index in [0.717, 1.165) is 25.9 Å². The molecule has 3 unspecified atom stereocenters. The van der Waals surface area contributed by atoms with Gasteiger partial charge in [0.1, 0.15) is 0 Å². The molecule has 0 radical (unpaired) electrons. The third-order valence-electron chi connectivity index (χ3n) is 4.18. The molecule has 1 amide bonds. The summed E-state index contributed by atoms with van der Waals surface area (Å²) in [6.07, 6.45) is 2.22. The van der Waals surface area contributed by atoms with Gasteiger partial charge < -0.3 is 4.90 Å². The SMILES string of the molecule is CCC(C)CN(CC)C(=O)C(C(C)C)C(C)CC. The van der Waals surface area contributed by atoms with E-state index in [1.807, 2.05) is 0 Å². The smallest absolute Gasteiger partial charge is 0.226 e. The van der Waals surface area contributed by atoms with Gasteiger partial charge >= 0.3 is 0 Å². The van der Waals surface area contributed by atoms with Gasteiger partial charge in [-0.25, -0.2) is 0 Å². The maximum atomic E-state index is 12.7. The zero-order valence-electron chi connectivity index (χ0n) is 13.5. The summed E-state index contributed by atoms with van der Waals surface area (Å²) in [7, 11) is 0. The maximum Gasteiger partial charge on any atom is 0.226 e. The predicted octanol–water partition coefficient (Wildman–Crippen LogP) is 4.20. The van der Waals surface area contributed by atoms with Crippen LogP contribution in [0.25, 0.3) is 0 Å². The summed E-state index contributed by atoms with van der Waals surface area (Å²) in [5, 5.41) is 0. The highest BCUT2D eigenvalue weighted by molar-refractivity contribution is 5.79. The molecule has 18 heavy (non-hydrogen) atoms. The number of amides is 1. The zero-order valence-corrected chi connectivity index (χ0v) is 13.5. The van der Waals surface area contributed by atoms with Gasteiger partial charge in [-0.2, -0.15) is 0 Å². The van der Waals surface area contributed by atoms with E-state index < -0.39 is 0 Å². The van der Waals surface area contributed by atoms with E-state index in [1.165, 1.54) is 0 Å². The minimum atomic E-state index is 0.180. The second-order valence-electron chi connectivity index (χ2n) is 6.05. The van der Waals surface area contributed by atoms with Crippen molar-refractivity contribution in [2.24, 2.45) is 23.7 Å². The molecule has 0 aliphatic rings. The highest BCUT2D eigenvalue weighted by Gasteiger charge is 2.30. The summed E-state index contributed by atoms with van der Waals surface area (Å²) in [5.74, 6) is 2.04. The normalized spacial score (nSPS) is 16.4. The molecule has 0 heterocycles. The van der Waals surface area contributed by atoms with E-state index in [0.29, 0.717) is 23.7 Å². The molecule has 2 nitrogen and oxygen atoms in total. The lowest BCUT2D eigenvalue weighted by atomic mass is 9.81. The van der Waals surface area contributed by atoms with Crippen molar-refractivity contribution in [1.82, 2.24) is 4.90 Å². The van der Waals surface area contributed by atoms with Gasteiger partial charge in [-0.05, 0) is 24.7 Å². The molecule has 2 heteroatoms. The van der Waals surface area contributed by atoms with Gasteiger partial charge in [0, 0.05) is 19.0 Å². The molecule has 0 aromatic heterocycles. The highest BCUT2D eigenvalue weighted by Crippen LogP contribution is 2.26. The van der Waals surface area contributed by atoms with Crippen molar-refractivity contribution in [2.75, 3.05) is 13.1 Å². The van der Waals surface area contributed by atoms with Crippen LogP contribution in [0, 0.1) is 23.7 Å². The van der Waals surface area contributed by atoms with E-state index in [4.69, 9.17) is 0 Å². The van der Waals surface area contributed by atoms with Crippen LogP contribution in [0.1, 0.15) is 61.3 Å². The highest BCUT2D eigenvalue weighted by atomic mass is 16.2. The fourth-order valence-corrected chi connectivity index (χ4v) is 2.53. The molecule has 0 aromatic carbocycles. The maximum absolute atomic E-state index is 12.7. The van der Waals surface area contributed by atoms with E-state index in [9.17, 15) is 4.79 Å². The summed E-state index contributed by atoms with van der Waals surface area (Å²) in [4.78, 5) is 14.8. The number of hydrogen-bond acceptors (Lipinski definition) is 1. The largest absolute Gasteiger partial charge is 0.342 e. The van der Waals surface area contributed by atoms with Crippen molar-refractivity contribution in [3.63, 3.8) is 0 Å². The molecular formula is C16H33NO. The fraction of sp³-hybridized carbons (Fsp3) is 0.938. The third-order valence-corrected chi connectivity index (χ3v) is 4.18.